The molecule has 20 heavy (non-hydrogen) atoms. The van der Waals surface area contributed by atoms with Gasteiger partial charge in [-0.3, -0.25) is 4.79 Å². The van der Waals surface area contributed by atoms with Gasteiger partial charge in [0.2, 0.25) is 5.91 Å². The molecule has 0 unspecified atom stereocenters. The van der Waals surface area contributed by atoms with Crippen molar-refractivity contribution in [2.75, 3.05) is 12.5 Å². The third-order valence-corrected chi connectivity index (χ3v) is 2.73. The number of amides is 1. The highest BCUT2D eigenvalue weighted by molar-refractivity contribution is 6.27. The van der Waals surface area contributed by atoms with Crippen molar-refractivity contribution < 1.29 is 9.53 Å². The number of halogens is 1. The molecule has 0 saturated carbocycles. The van der Waals surface area contributed by atoms with Gasteiger partial charge >= 0.3 is 0 Å². The fraction of sp³-hybridized carbons (Fsp3) is 0.333. The normalized spacial score (nSPS) is 10.3. The summed E-state index contributed by atoms with van der Waals surface area (Å²) in [6.45, 7) is 2.75. The van der Waals surface area contributed by atoms with Crippen LogP contribution in [0.5, 0.6) is 5.75 Å². The number of benzene rings is 1. The Bertz CT molecular complexity index is 569. The average Bonchev–Trinajstić information content (AvgIpc) is 2.94. The largest absolute Gasteiger partial charge is 0.494 e. The maximum atomic E-state index is 11.1. The number of rotatable bonds is 6. The first-order chi connectivity index (χ1) is 9.74. The lowest BCUT2D eigenvalue weighted by molar-refractivity contribution is -0.118. The highest BCUT2D eigenvalue weighted by atomic mass is 35.5. The minimum atomic E-state index is -0.270. The van der Waals surface area contributed by atoms with Crippen LogP contribution in [-0.2, 0) is 11.3 Å². The van der Waals surface area contributed by atoms with Gasteiger partial charge < -0.3 is 10.1 Å². The molecule has 0 aliphatic rings. The van der Waals surface area contributed by atoms with Gasteiger partial charge in [0.05, 0.1) is 18.8 Å². The molecule has 0 aliphatic carbocycles. The summed E-state index contributed by atoms with van der Waals surface area (Å²) < 4.78 is 6.92. The SMILES string of the molecule is CCOc1ccc(-n2nnnc2CNC(=O)CCl)cc1. The Kier molecular flexibility index (Phi) is 4.89. The van der Waals surface area contributed by atoms with E-state index in [0.29, 0.717) is 12.4 Å². The number of carbonyl (C=O) groups is 1. The number of hydrogen-bond acceptors (Lipinski definition) is 5. The van der Waals surface area contributed by atoms with Gasteiger partial charge in [0.25, 0.3) is 0 Å². The third kappa shape index (κ3) is 3.45. The molecule has 0 aliphatic heterocycles. The molecule has 1 heterocycles. The highest BCUT2D eigenvalue weighted by Gasteiger charge is 2.09. The summed E-state index contributed by atoms with van der Waals surface area (Å²) in [7, 11) is 0. The van der Waals surface area contributed by atoms with Gasteiger partial charge in [0.1, 0.15) is 11.6 Å². The molecule has 0 spiro atoms. The third-order valence-electron chi connectivity index (χ3n) is 2.49. The van der Waals surface area contributed by atoms with Crippen molar-refractivity contribution >= 4 is 17.5 Å². The second-order valence-corrected chi connectivity index (χ2v) is 4.11. The lowest BCUT2D eigenvalue weighted by Crippen LogP contribution is -2.25. The van der Waals surface area contributed by atoms with Crippen molar-refractivity contribution in [2.24, 2.45) is 0 Å². The van der Waals surface area contributed by atoms with Crippen molar-refractivity contribution in [2.45, 2.75) is 13.5 Å². The molecule has 1 amide bonds. The number of aromatic nitrogens is 4. The molecular weight excluding hydrogens is 282 g/mol. The van der Waals surface area contributed by atoms with E-state index in [0.717, 1.165) is 11.4 Å². The Morgan fingerprint density at radius 3 is 2.80 bits per heavy atom. The van der Waals surface area contributed by atoms with Crippen LogP contribution in [0.4, 0.5) is 0 Å². The smallest absolute Gasteiger partial charge is 0.235 e. The number of alkyl halides is 1. The van der Waals surface area contributed by atoms with Gasteiger partial charge in [-0.05, 0) is 41.6 Å². The molecule has 8 heteroatoms. The summed E-state index contributed by atoms with van der Waals surface area (Å²) >= 11 is 5.41. The Labute approximate surface area is 120 Å². The lowest BCUT2D eigenvalue weighted by atomic mass is 10.3. The number of tetrazole rings is 1. The summed E-state index contributed by atoms with van der Waals surface area (Å²) in [6.07, 6.45) is 0. The Hall–Kier alpha value is -2.15. The van der Waals surface area contributed by atoms with Crippen molar-refractivity contribution in [3.63, 3.8) is 0 Å². The van der Waals surface area contributed by atoms with Crippen LogP contribution in [0.2, 0.25) is 0 Å². The first-order valence-electron chi connectivity index (χ1n) is 6.07. The quantitative estimate of drug-likeness (QED) is 0.801. The van der Waals surface area contributed by atoms with Gasteiger partial charge in [-0.2, -0.15) is 4.68 Å². The lowest BCUT2D eigenvalue weighted by Gasteiger charge is -2.07. The van der Waals surface area contributed by atoms with E-state index < -0.39 is 0 Å². The summed E-state index contributed by atoms with van der Waals surface area (Å²) in [5.74, 6) is 0.937. The molecule has 7 nitrogen and oxygen atoms in total. The van der Waals surface area contributed by atoms with Gasteiger partial charge in [0.15, 0.2) is 5.82 Å². The van der Waals surface area contributed by atoms with Crippen LogP contribution in [0.1, 0.15) is 12.7 Å². The fourth-order valence-electron chi connectivity index (χ4n) is 1.59. The molecule has 1 aromatic heterocycles. The molecule has 0 saturated heterocycles. The van der Waals surface area contributed by atoms with E-state index in [2.05, 4.69) is 20.8 Å². The van der Waals surface area contributed by atoms with E-state index >= 15 is 0 Å². The first-order valence-corrected chi connectivity index (χ1v) is 6.61. The molecular formula is C12H14ClN5O2. The molecule has 0 atom stereocenters. The predicted octanol–water partition coefficient (Wildman–Crippen LogP) is 0.916. The van der Waals surface area contributed by atoms with E-state index in [1.165, 1.54) is 0 Å². The van der Waals surface area contributed by atoms with E-state index in [1.807, 2.05) is 31.2 Å². The van der Waals surface area contributed by atoms with Gasteiger partial charge in [-0.1, -0.05) is 0 Å². The standard InChI is InChI=1S/C12H14ClN5O2/c1-2-20-10-5-3-9(4-6-10)18-11(15-16-17-18)8-14-12(19)7-13/h3-6H,2,7-8H2,1H3,(H,14,19). The van der Waals surface area contributed by atoms with E-state index in [-0.39, 0.29) is 18.3 Å². The van der Waals surface area contributed by atoms with Crippen molar-refractivity contribution in [3.8, 4) is 11.4 Å². The van der Waals surface area contributed by atoms with Crippen LogP contribution in [0.15, 0.2) is 24.3 Å². The summed E-state index contributed by atoms with van der Waals surface area (Å²) in [4.78, 5) is 11.1. The Morgan fingerprint density at radius 1 is 1.40 bits per heavy atom. The average molecular weight is 296 g/mol. The van der Waals surface area contributed by atoms with Crippen LogP contribution in [0.3, 0.4) is 0 Å². The van der Waals surface area contributed by atoms with Crippen molar-refractivity contribution in [1.82, 2.24) is 25.5 Å². The van der Waals surface area contributed by atoms with Crippen LogP contribution >= 0.6 is 11.6 Å². The monoisotopic (exact) mass is 295 g/mol. The summed E-state index contributed by atoms with van der Waals surface area (Å²) in [5, 5.41) is 14.0. The number of carbonyl (C=O) groups excluding carboxylic acids is 1. The number of ether oxygens (including phenoxy) is 1. The van der Waals surface area contributed by atoms with E-state index in [1.54, 1.807) is 4.68 Å². The van der Waals surface area contributed by atoms with E-state index in [4.69, 9.17) is 16.3 Å². The van der Waals surface area contributed by atoms with Gasteiger partial charge in [-0.25, -0.2) is 0 Å². The zero-order valence-corrected chi connectivity index (χ0v) is 11.7. The number of nitrogens with one attached hydrogen (secondary N) is 1. The summed E-state index contributed by atoms with van der Waals surface area (Å²) in [5.41, 5.74) is 0.786. The zero-order chi connectivity index (χ0) is 14.4. The predicted molar refractivity (Wildman–Crippen MR) is 72.9 cm³/mol. The van der Waals surface area contributed by atoms with Crippen molar-refractivity contribution in [1.29, 1.82) is 0 Å². The zero-order valence-electron chi connectivity index (χ0n) is 10.9. The molecule has 2 aromatic rings. The highest BCUT2D eigenvalue weighted by Crippen LogP contribution is 2.15. The van der Waals surface area contributed by atoms with Crippen molar-refractivity contribution in [3.05, 3.63) is 30.1 Å². The number of nitrogens with zero attached hydrogens (tertiary/aromatic N) is 4. The van der Waals surface area contributed by atoms with Crippen LogP contribution < -0.4 is 10.1 Å². The molecule has 1 N–H and O–H groups in total. The molecule has 1 aromatic carbocycles. The maximum Gasteiger partial charge on any atom is 0.235 e. The summed E-state index contributed by atoms with van der Waals surface area (Å²) in [6, 6.07) is 7.35. The van der Waals surface area contributed by atoms with Crippen LogP contribution in [0, 0.1) is 0 Å². The van der Waals surface area contributed by atoms with Gasteiger partial charge in [0, 0.05) is 0 Å². The molecule has 0 fully saturated rings. The second kappa shape index (κ2) is 6.85. The van der Waals surface area contributed by atoms with Crippen LogP contribution in [0.25, 0.3) is 5.69 Å². The topological polar surface area (TPSA) is 81.9 Å². The molecule has 2 rings (SSSR count). The molecule has 0 bridgehead atoms. The Balaban J connectivity index is 2.12. The second-order valence-electron chi connectivity index (χ2n) is 3.84. The van der Waals surface area contributed by atoms with Crippen LogP contribution in [-0.4, -0.2) is 38.6 Å². The molecule has 0 radical (unpaired) electrons. The minimum Gasteiger partial charge on any atom is -0.494 e. The Morgan fingerprint density at radius 2 is 2.15 bits per heavy atom. The van der Waals surface area contributed by atoms with Gasteiger partial charge in [-0.15, -0.1) is 16.7 Å². The van der Waals surface area contributed by atoms with E-state index in [9.17, 15) is 4.79 Å². The minimum absolute atomic E-state index is 0.0926. The fourth-order valence-corrected chi connectivity index (χ4v) is 1.69. The molecule has 106 valence electrons. The maximum absolute atomic E-state index is 11.1. The first kappa shape index (κ1) is 14.3. The number of hydrogen-bond donors (Lipinski definition) is 1.